The average molecular weight is 180 g/mol. The molecule has 0 fully saturated rings. The molecule has 13 heavy (non-hydrogen) atoms. The number of carbonyl (C=O) groups is 1. The average Bonchev–Trinajstić information content (AvgIpc) is 2.24. The topological polar surface area (TPSA) is 66.8 Å². The highest BCUT2D eigenvalue weighted by Crippen LogP contribution is 2.34. The molecule has 1 aliphatic heterocycles. The summed E-state index contributed by atoms with van der Waals surface area (Å²) in [6.07, 6.45) is 0. The van der Waals surface area contributed by atoms with Crippen LogP contribution in [-0.4, -0.2) is 22.0 Å². The lowest BCUT2D eigenvalue weighted by Crippen LogP contribution is -2.39. The molecular formula is C9H8O4. The molecule has 4 heteroatoms. The van der Waals surface area contributed by atoms with Crippen LogP contribution in [0.25, 0.3) is 0 Å². The first-order valence-electron chi connectivity index (χ1n) is 3.80. The van der Waals surface area contributed by atoms with Crippen LogP contribution in [0.4, 0.5) is 0 Å². The molecule has 0 saturated carbocycles. The van der Waals surface area contributed by atoms with Gasteiger partial charge in [-0.1, -0.05) is 12.1 Å². The minimum atomic E-state index is -2.69. The van der Waals surface area contributed by atoms with E-state index in [0.717, 1.165) is 0 Å². The largest absolute Gasteiger partial charge is 0.432 e. The van der Waals surface area contributed by atoms with Crippen molar-refractivity contribution in [1.29, 1.82) is 0 Å². The summed E-state index contributed by atoms with van der Waals surface area (Å²) in [5.74, 6) is -3.27. The Hall–Kier alpha value is -1.39. The third-order valence-electron chi connectivity index (χ3n) is 2.01. The lowest BCUT2D eigenvalue weighted by atomic mass is 10.0. The number of fused-ring (bicyclic) bond motifs is 1. The summed E-state index contributed by atoms with van der Waals surface area (Å²) in [5.41, 5.74) is 0.917. The van der Waals surface area contributed by atoms with Gasteiger partial charge in [0.15, 0.2) is 0 Å². The number of Topliss-reactive ketones (excluding diaryl/α,β-unsaturated/α-hetero) is 1. The van der Waals surface area contributed by atoms with Gasteiger partial charge in [0.05, 0.1) is 5.56 Å². The summed E-state index contributed by atoms with van der Waals surface area (Å²) >= 11 is 0. The molecule has 68 valence electrons. The van der Waals surface area contributed by atoms with E-state index in [4.69, 9.17) is 10.2 Å². The van der Waals surface area contributed by atoms with Crippen LogP contribution in [0.1, 0.15) is 15.9 Å². The maximum Gasteiger partial charge on any atom is 0.391 e. The minimum absolute atomic E-state index is 0.218. The Morgan fingerprint density at radius 2 is 2.08 bits per heavy atom. The molecule has 0 bridgehead atoms. The zero-order chi connectivity index (χ0) is 9.64. The zero-order valence-corrected chi connectivity index (χ0v) is 6.94. The Balaban J connectivity index is 2.64. The lowest BCUT2D eigenvalue weighted by Gasteiger charge is -2.10. The summed E-state index contributed by atoms with van der Waals surface area (Å²) in [5, 5.41) is 18.2. The molecule has 1 heterocycles. The Morgan fingerprint density at radius 3 is 2.69 bits per heavy atom. The molecule has 0 radical (unpaired) electrons. The number of rotatable bonds is 0. The van der Waals surface area contributed by atoms with E-state index in [1.807, 2.05) is 0 Å². The van der Waals surface area contributed by atoms with Gasteiger partial charge in [0.25, 0.3) is 5.78 Å². The van der Waals surface area contributed by atoms with Crippen LogP contribution in [0.3, 0.4) is 0 Å². The summed E-state index contributed by atoms with van der Waals surface area (Å²) in [6.45, 7) is 1.71. The van der Waals surface area contributed by atoms with Gasteiger partial charge in [-0.3, -0.25) is 4.79 Å². The van der Waals surface area contributed by atoms with Crippen LogP contribution in [0.15, 0.2) is 18.2 Å². The smallest absolute Gasteiger partial charge is 0.391 e. The molecule has 0 unspecified atom stereocenters. The molecule has 1 aromatic carbocycles. The van der Waals surface area contributed by atoms with E-state index in [1.54, 1.807) is 19.1 Å². The predicted octanol–water partition coefficient (Wildman–Crippen LogP) is 0.209. The first-order valence-corrected chi connectivity index (χ1v) is 3.80. The molecule has 1 aromatic rings. The lowest BCUT2D eigenvalue weighted by molar-refractivity contribution is -0.241. The van der Waals surface area contributed by atoms with Crippen molar-refractivity contribution in [3.05, 3.63) is 29.3 Å². The molecule has 0 saturated heterocycles. The maximum absolute atomic E-state index is 11.3. The fourth-order valence-electron chi connectivity index (χ4n) is 1.38. The molecule has 0 aliphatic carbocycles. The summed E-state index contributed by atoms with van der Waals surface area (Å²) in [7, 11) is 0. The van der Waals surface area contributed by atoms with E-state index in [0.29, 0.717) is 5.56 Å². The second-order valence-electron chi connectivity index (χ2n) is 2.99. The molecular weight excluding hydrogens is 172 g/mol. The number of carbonyl (C=O) groups excluding carboxylic acids is 1. The molecule has 0 aromatic heterocycles. The highest BCUT2D eigenvalue weighted by molar-refractivity contribution is 6.06. The SMILES string of the molecule is Cc1cccc2c1C(=O)C(O)(O)O2. The number of benzene rings is 1. The monoisotopic (exact) mass is 180 g/mol. The highest BCUT2D eigenvalue weighted by Gasteiger charge is 2.46. The van der Waals surface area contributed by atoms with E-state index in [-0.39, 0.29) is 11.3 Å². The van der Waals surface area contributed by atoms with Crippen molar-refractivity contribution in [2.45, 2.75) is 12.9 Å². The van der Waals surface area contributed by atoms with Crippen LogP contribution >= 0.6 is 0 Å². The zero-order valence-electron chi connectivity index (χ0n) is 6.94. The van der Waals surface area contributed by atoms with Crippen LogP contribution in [0, 0.1) is 6.92 Å². The fraction of sp³-hybridized carbons (Fsp3) is 0.222. The second-order valence-corrected chi connectivity index (χ2v) is 2.99. The normalized spacial score (nSPS) is 18.2. The van der Waals surface area contributed by atoms with Crippen molar-refractivity contribution in [3.8, 4) is 5.75 Å². The van der Waals surface area contributed by atoms with Gasteiger partial charge in [-0.2, -0.15) is 0 Å². The summed E-state index contributed by atoms with van der Waals surface area (Å²) in [6, 6.07) is 4.92. The van der Waals surface area contributed by atoms with Gasteiger partial charge < -0.3 is 14.9 Å². The fourth-order valence-corrected chi connectivity index (χ4v) is 1.38. The third kappa shape index (κ3) is 1.03. The van der Waals surface area contributed by atoms with Crippen molar-refractivity contribution in [2.75, 3.05) is 0 Å². The minimum Gasteiger partial charge on any atom is -0.432 e. The van der Waals surface area contributed by atoms with E-state index < -0.39 is 11.8 Å². The van der Waals surface area contributed by atoms with Crippen molar-refractivity contribution in [1.82, 2.24) is 0 Å². The number of ether oxygens (including phenoxy) is 1. The first-order chi connectivity index (χ1) is 6.02. The van der Waals surface area contributed by atoms with E-state index in [1.165, 1.54) is 6.07 Å². The number of hydrogen-bond donors (Lipinski definition) is 2. The van der Waals surface area contributed by atoms with Gasteiger partial charge in [0, 0.05) is 0 Å². The van der Waals surface area contributed by atoms with Crippen LogP contribution in [0.2, 0.25) is 0 Å². The van der Waals surface area contributed by atoms with Gasteiger partial charge in [-0.05, 0) is 18.6 Å². The predicted molar refractivity (Wildman–Crippen MR) is 43.3 cm³/mol. The van der Waals surface area contributed by atoms with E-state index in [9.17, 15) is 4.79 Å². The number of aliphatic hydroxyl groups is 2. The van der Waals surface area contributed by atoms with Gasteiger partial charge in [0.1, 0.15) is 5.75 Å². The standard InChI is InChI=1S/C9H8O4/c1-5-3-2-4-6-7(5)8(10)9(11,12)13-6/h2-4,11-12H,1H3. The molecule has 1 aliphatic rings. The number of aryl methyl sites for hydroxylation is 1. The van der Waals surface area contributed by atoms with Crippen LogP contribution in [0.5, 0.6) is 5.75 Å². The molecule has 2 N–H and O–H groups in total. The Morgan fingerprint density at radius 1 is 1.38 bits per heavy atom. The molecule has 2 rings (SSSR count). The van der Waals surface area contributed by atoms with Crippen molar-refractivity contribution in [2.24, 2.45) is 0 Å². The Kier molecular flexibility index (Phi) is 1.46. The van der Waals surface area contributed by atoms with Crippen LogP contribution in [-0.2, 0) is 0 Å². The van der Waals surface area contributed by atoms with Gasteiger partial charge in [-0.25, -0.2) is 0 Å². The molecule has 0 amide bonds. The van der Waals surface area contributed by atoms with Crippen molar-refractivity contribution >= 4 is 5.78 Å². The number of hydrogen-bond acceptors (Lipinski definition) is 4. The maximum atomic E-state index is 11.3. The molecule has 0 atom stereocenters. The highest BCUT2D eigenvalue weighted by atomic mass is 16.8. The quantitative estimate of drug-likeness (QED) is 0.560. The third-order valence-corrected chi connectivity index (χ3v) is 2.01. The summed E-state index contributed by atoms with van der Waals surface area (Å²) in [4.78, 5) is 11.3. The Labute approximate surface area is 74.4 Å². The van der Waals surface area contributed by atoms with Crippen LogP contribution < -0.4 is 4.74 Å². The Bertz CT molecular complexity index is 381. The second kappa shape index (κ2) is 2.31. The van der Waals surface area contributed by atoms with Gasteiger partial charge in [-0.15, -0.1) is 0 Å². The van der Waals surface area contributed by atoms with E-state index >= 15 is 0 Å². The summed E-state index contributed by atoms with van der Waals surface area (Å²) < 4.78 is 4.65. The molecule has 0 spiro atoms. The van der Waals surface area contributed by atoms with Gasteiger partial charge >= 0.3 is 5.97 Å². The number of ketones is 1. The van der Waals surface area contributed by atoms with Gasteiger partial charge in [0.2, 0.25) is 0 Å². The van der Waals surface area contributed by atoms with E-state index in [2.05, 4.69) is 4.74 Å². The molecule has 4 nitrogen and oxygen atoms in total. The first kappa shape index (κ1) is 8.22. The van der Waals surface area contributed by atoms with Crippen molar-refractivity contribution in [3.63, 3.8) is 0 Å². The van der Waals surface area contributed by atoms with Crippen molar-refractivity contribution < 1.29 is 19.7 Å².